The van der Waals surface area contributed by atoms with Crippen molar-refractivity contribution in [3.8, 4) is 6.07 Å². The van der Waals surface area contributed by atoms with Crippen LogP contribution in [0.1, 0.15) is 13.3 Å². The molecule has 0 heterocycles. The quantitative estimate of drug-likeness (QED) is 0.444. The molecular weight excluding hydrogens is 220 g/mol. The summed E-state index contributed by atoms with van der Waals surface area (Å²) in [5.74, 6) is -0.383. The lowest BCUT2D eigenvalue weighted by Crippen LogP contribution is -2.32. The van der Waals surface area contributed by atoms with Crippen LogP contribution in [0.15, 0.2) is 12.2 Å². The molecule has 0 saturated carbocycles. The second kappa shape index (κ2) is 9.82. The van der Waals surface area contributed by atoms with Crippen molar-refractivity contribution in [1.29, 1.82) is 5.26 Å². The number of methoxy groups -OCH3 is 1. The van der Waals surface area contributed by atoms with Crippen molar-refractivity contribution < 1.29 is 14.3 Å². The number of ether oxygens (including phenoxy) is 2. The number of rotatable bonds is 9. The van der Waals surface area contributed by atoms with E-state index in [2.05, 4.69) is 12.6 Å². The fourth-order valence-corrected chi connectivity index (χ4v) is 1.27. The molecule has 5 nitrogen and oxygen atoms in total. The van der Waals surface area contributed by atoms with Crippen molar-refractivity contribution >= 4 is 5.97 Å². The zero-order chi connectivity index (χ0) is 13.1. The van der Waals surface area contributed by atoms with Gasteiger partial charge in [-0.3, -0.25) is 4.90 Å². The third kappa shape index (κ3) is 7.50. The van der Waals surface area contributed by atoms with Crippen LogP contribution in [0.3, 0.4) is 0 Å². The fraction of sp³-hybridized carbons (Fsp3) is 0.667. The van der Waals surface area contributed by atoms with E-state index in [1.54, 1.807) is 14.0 Å². The van der Waals surface area contributed by atoms with E-state index in [-0.39, 0.29) is 5.97 Å². The summed E-state index contributed by atoms with van der Waals surface area (Å²) in [5.41, 5.74) is 0.404. The monoisotopic (exact) mass is 240 g/mol. The highest BCUT2D eigenvalue weighted by Gasteiger charge is 2.12. The van der Waals surface area contributed by atoms with Gasteiger partial charge in [0.1, 0.15) is 0 Å². The molecule has 0 radical (unpaired) electrons. The molecule has 0 aromatic rings. The summed E-state index contributed by atoms with van der Waals surface area (Å²) in [6.07, 6.45) is 0.416. The summed E-state index contributed by atoms with van der Waals surface area (Å²) >= 11 is 0. The van der Waals surface area contributed by atoms with Crippen molar-refractivity contribution in [2.24, 2.45) is 0 Å². The molecule has 0 aromatic heterocycles. The number of nitriles is 1. The van der Waals surface area contributed by atoms with E-state index in [1.807, 2.05) is 4.90 Å². The molecule has 17 heavy (non-hydrogen) atoms. The van der Waals surface area contributed by atoms with Crippen molar-refractivity contribution in [2.45, 2.75) is 13.3 Å². The number of esters is 1. The van der Waals surface area contributed by atoms with Crippen LogP contribution in [0.2, 0.25) is 0 Å². The van der Waals surface area contributed by atoms with E-state index in [0.717, 1.165) is 0 Å². The molecule has 96 valence electrons. The summed E-state index contributed by atoms with van der Waals surface area (Å²) in [6.45, 7) is 8.01. The lowest BCUT2D eigenvalue weighted by Gasteiger charge is -2.21. The summed E-state index contributed by atoms with van der Waals surface area (Å²) < 4.78 is 9.82. The van der Waals surface area contributed by atoms with E-state index in [9.17, 15) is 4.79 Å². The molecular formula is C12H20N2O3. The van der Waals surface area contributed by atoms with Crippen LogP contribution in [0.4, 0.5) is 0 Å². The Morgan fingerprint density at radius 3 is 2.71 bits per heavy atom. The Bertz CT molecular complexity index is 284. The second-order valence-corrected chi connectivity index (χ2v) is 3.50. The summed E-state index contributed by atoms with van der Waals surface area (Å²) in [5, 5.41) is 8.55. The normalized spacial score (nSPS) is 10.0. The zero-order valence-corrected chi connectivity index (χ0v) is 10.6. The standard InChI is InChI=1S/C12H20N2O3/c1-4-17-12(15)11(2)10-14(7-5-6-13)8-9-16-3/h2,4-5,7-10H2,1,3H3. The van der Waals surface area contributed by atoms with Crippen LogP contribution >= 0.6 is 0 Å². The number of carbonyl (C=O) groups excluding carboxylic acids is 1. The van der Waals surface area contributed by atoms with Gasteiger partial charge >= 0.3 is 5.97 Å². The van der Waals surface area contributed by atoms with E-state index < -0.39 is 0 Å². The molecule has 0 aliphatic heterocycles. The van der Waals surface area contributed by atoms with Crippen molar-refractivity contribution in [1.82, 2.24) is 4.90 Å². The van der Waals surface area contributed by atoms with Crippen LogP contribution in [0, 0.1) is 11.3 Å². The molecule has 0 atom stereocenters. The molecule has 0 rings (SSSR count). The first-order valence-electron chi connectivity index (χ1n) is 5.58. The van der Waals surface area contributed by atoms with Gasteiger partial charge in [0.2, 0.25) is 0 Å². The second-order valence-electron chi connectivity index (χ2n) is 3.50. The van der Waals surface area contributed by atoms with Crippen LogP contribution in [-0.4, -0.2) is 50.8 Å². The van der Waals surface area contributed by atoms with Crippen LogP contribution in [-0.2, 0) is 14.3 Å². The largest absolute Gasteiger partial charge is 0.463 e. The van der Waals surface area contributed by atoms with E-state index in [1.165, 1.54) is 0 Å². The average Bonchev–Trinajstić information content (AvgIpc) is 2.32. The highest BCUT2D eigenvalue weighted by Crippen LogP contribution is 2.01. The van der Waals surface area contributed by atoms with Crippen molar-refractivity contribution in [2.75, 3.05) is 40.0 Å². The Labute approximate surface area is 103 Å². The summed E-state index contributed by atoms with van der Waals surface area (Å²) in [7, 11) is 1.61. The van der Waals surface area contributed by atoms with Gasteiger partial charge in [-0.2, -0.15) is 5.26 Å². The summed E-state index contributed by atoms with van der Waals surface area (Å²) in [6, 6.07) is 2.07. The highest BCUT2D eigenvalue weighted by molar-refractivity contribution is 5.88. The third-order valence-corrected chi connectivity index (χ3v) is 2.13. The van der Waals surface area contributed by atoms with Crippen LogP contribution < -0.4 is 0 Å². The molecule has 0 N–H and O–H groups in total. The number of carbonyl (C=O) groups is 1. The SMILES string of the molecule is C=C(CN(CCC#N)CCOC)C(=O)OCC. The molecule has 0 aliphatic rings. The minimum Gasteiger partial charge on any atom is -0.463 e. The maximum Gasteiger partial charge on any atom is 0.334 e. The maximum atomic E-state index is 11.4. The smallest absolute Gasteiger partial charge is 0.334 e. The molecule has 0 spiro atoms. The van der Waals surface area contributed by atoms with Crippen molar-refractivity contribution in [3.05, 3.63) is 12.2 Å². The maximum absolute atomic E-state index is 11.4. The van der Waals surface area contributed by atoms with Gasteiger partial charge in [-0.1, -0.05) is 6.58 Å². The Balaban J connectivity index is 4.16. The van der Waals surface area contributed by atoms with E-state index in [0.29, 0.717) is 44.8 Å². The fourth-order valence-electron chi connectivity index (χ4n) is 1.27. The predicted molar refractivity (Wildman–Crippen MR) is 64.3 cm³/mol. The minimum absolute atomic E-state index is 0.341. The number of nitrogens with zero attached hydrogens (tertiary/aromatic N) is 2. The topological polar surface area (TPSA) is 62.6 Å². The van der Waals surface area contributed by atoms with E-state index >= 15 is 0 Å². The van der Waals surface area contributed by atoms with E-state index in [4.69, 9.17) is 14.7 Å². The first-order chi connectivity index (χ1) is 8.15. The predicted octanol–water partition coefficient (Wildman–Crippen LogP) is 0.968. The van der Waals surface area contributed by atoms with Gasteiger partial charge < -0.3 is 9.47 Å². The molecule has 0 saturated heterocycles. The summed E-state index contributed by atoms with van der Waals surface area (Å²) in [4.78, 5) is 13.3. The van der Waals surface area contributed by atoms with Gasteiger partial charge in [-0.05, 0) is 6.92 Å². The van der Waals surface area contributed by atoms with Crippen LogP contribution in [0.5, 0.6) is 0 Å². The zero-order valence-electron chi connectivity index (χ0n) is 10.6. The highest BCUT2D eigenvalue weighted by atomic mass is 16.5. The molecule has 0 amide bonds. The molecule has 0 bridgehead atoms. The van der Waals surface area contributed by atoms with Gasteiger partial charge in [0.25, 0.3) is 0 Å². The lowest BCUT2D eigenvalue weighted by molar-refractivity contribution is -0.138. The Morgan fingerprint density at radius 1 is 1.47 bits per heavy atom. The number of hydrogen-bond donors (Lipinski definition) is 0. The molecule has 5 heteroatoms. The molecule has 0 aliphatic carbocycles. The van der Waals surface area contributed by atoms with Gasteiger partial charge in [-0.25, -0.2) is 4.79 Å². The average molecular weight is 240 g/mol. The van der Waals surface area contributed by atoms with Gasteiger partial charge in [-0.15, -0.1) is 0 Å². The first-order valence-corrected chi connectivity index (χ1v) is 5.58. The Morgan fingerprint density at radius 2 is 2.18 bits per heavy atom. The Kier molecular flexibility index (Phi) is 9.02. The van der Waals surface area contributed by atoms with Gasteiger partial charge in [0.15, 0.2) is 0 Å². The number of hydrogen-bond acceptors (Lipinski definition) is 5. The van der Waals surface area contributed by atoms with Crippen LogP contribution in [0.25, 0.3) is 0 Å². The third-order valence-electron chi connectivity index (χ3n) is 2.13. The lowest BCUT2D eigenvalue weighted by atomic mass is 10.2. The van der Waals surface area contributed by atoms with Crippen molar-refractivity contribution in [3.63, 3.8) is 0 Å². The van der Waals surface area contributed by atoms with Gasteiger partial charge in [0.05, 0.1) is 19.3 Å². The Hall–Kier alpha value is -1.38. The minimum atomic E-state index is -0.383. The van der Waals surface area contributed by atoms with Gasteiger partial charge in [0, 0.05) is 38.7 Å². The molecule has 0 fully saturated rings. The molecule has 0 unspecified atom stereocenters. The first kappa shape index (κ1) is 15.6. The molecule has 0 aromatic carbocycles.